The predicted octanol–water partition coefficient (Wildman–Crippen LogP) is 6.31. The first kappa shape index (κ1) is 23.0. The van der Waals surface area contributed by atoms with Crippen molar-refractivity contribution in [2.75, 3.05) is 19.5 Å². The highest BCUT2D eigenvalue weighted by atomic mass is 19.1. The van der Waals surface area contributed by atoms with Crippen molar-refractivity contribution in [3.05, 3.63) is 102 Å². The number of pyridine rings is 1. The number of halogens is 1. The van der Waals surface area contributed by atoms with Crippen molar-refractivity contribution in [1.29, 1.82) is 0 Å². The van der Waals surface area contributed by atoms with Gasteiger partial charge in [0.05, 0.1) is 19.7 Å². The van der Waals surface area contributed by atoms with Gasteiger partial charge in [0.1, 0.15) is 5.75 Å². The number of rotatable bonds is 8. The van der Waals surface area contributed by atoms with Gasteiger partial charge in [-0.1, -0.05) is 24.3 Å². The minimum atomic E-state index is -0.471. The molecule has 0 aliphatic heterocycles. The summed E-state index contributed by atoms with van der Waals surface area (Å²) in [5.41, 5.74) is 3.19. The Kier molecular flexibility index (Phi) is 6.57. The van der Waals surface area contributed by atoms with Crippen molar-refractivity contribution >= 4 is 22.5 Å². The van der Waals surface area contributed by atoms with Gasteiger partial charge in [0.2, 0.25) is 5.95 Å². The van der Waals surface area contributed by atoms with Crippen LogP contribution in [0.1, 0.15) is 11.1 Å². The number of para-hydroxylation sites is 1. The zero-order chi connectivity index (χ0) is 24.9. The highest BCUT2D eigenvalue weighted by Gasteiger charge is 2.13. The molecule has 0 spiro atoms. The number of aromatic nitrogens is 3. The van der Waals surface area contributed by atoms with Crippen LogP contribution in [-0.2, 0) is 6.42 Å². The molecule has 0 radical (unpaired) electrons. The molecular formula is C28H23FN4O3. The molecule has 5 aromatic rings. The number of anilines is 2. The van der Waals surface area contributed by atoms with Crippen molar-refractivity contribution in [3.63, 3.8) is 0 Å². The molecule has 0 aliphatic carbocycles. The van der Waals surface area contributed by atoms with Gasteiger partial charge in [-0.25, -0.2) is 14.4 Å². The molecule has 2 aromatic heterocycles. The smallest absolute Gasteiger partial charge is 0.227 e. The molecule has 0 unspecified atom stereocenters. The van der Waals surface area contributed by atoms with E-state index in [4.69, 9.17) is 14.2 Å². The Balaban J connectivity index is 1.32. The van der Waals surface area contributed by atoms with Crippen LogP contribution in [0.4, 0.5) is 16.0 Å². The van der Waals surface area contributed by atoms with Crippen molar-refractivity contribution in [1.82, 2.24) is 15.0 Å². The van der Waals surface area contributed by atoms with Gasteiger partial charge >= 0.3 is 0 Å². The minimum Gasteiger partial charge on any atom is -0.493 e. The number of nitrogens with zero attached hydrogens (tertiary/aromatic N) is 3. The van der Waals surface area contributed by atoms with Gasteiger partial charge in [-0.3, -0.25) is 4.98 Å². The van der Waals surface area contributed by atoms with Crippen molar-refractivity contribution in [3.8, 4) is 23.0 Å². The van der Waals surface area contributed by atoms with E-state index >= 15 is 0 Å². The second kappa shape index (κ2) is 10.3. The summed E-state index contributed by atoms with van der Waals surface area (Å²) in [5.74, 6) is 1.69. The summed E-state index contributed by atoms with van der Waals surface area (Å²) >= 11 is 0. The van der Waals surface area contributed by atoms with Gasteiger partial charge in [-0.15, -0.1) is 0 Å². The van der Waals surface area contributed by atoms with E-state index < -0.39 is 5.82 Å². The molecule has 0 aliphatic rings. The lowest BCUT2D eigenvalue weighted by Crippen LogP contribution is -1.99. The second-order valence-electron chi connectivity index (χ2n) is 7.98. The molecule has 0 saturated carbocycles. The highest BCUT2D eigenvalue weighted by molar-refractivity contribution is 5.88. The molecule has 5 rings (SSSR count). The Morgan fingerprint density at radius 2 is 1.50 bits per heavy atom. The van der Waals surface area contributed by atoms with Crippen LogP contribution >= 0.6 is 0 Å². The lowest BCUT2D eigenvalue weighted by atomic mass is 10.1. The van der Waals surface area contributed by atoms with E-state index in [2.05, 4.69) is 20.3 Å². The molecule has 0 bridgehead atoms. The molecule has 36 heavy (non-hydrogen) atoms. The van der Waals surface area contributed by atoms with Crippen LogP contribution in [0, 0.1) is 5.82 Å². The molecule has 7 nitrogen and oxygen atoms in total. The number of nitrogens with one attached hydrogen (secondary N) is 1. The summed E-state index contributed by atoms with van der Waals surface area (Å²) < 4.78 is 31.6. The molecule has 0 saturated heterocycles. The molecule has 180 valence electrons. The molecule has 1 N–H and O–H groups in total. The summed E-state index contributed by atoms with van der Waals surface area (Å²) in [6, 6.07) is 19.8. The molecular weight excluding hydrogens is 459 g/mol. The fraction of sp³-hybridized carbons (Fsp3) is 0.107. The maximum absolute atomic E-state index is 15.0. The number of methoxy groups -OCH3 is 2. The summed E-state index contributed by atoms with van der Waals surface area (Å²) in [6.07, 6.45) is 5.54. The Bertz CT molecular complexity index is 1500. The van der Waals surface area contributed by atoms with Crippen LogP contribution in [0.2, 0.25) is 0 Å². The van der Waals surface area contributed by atoms with Crippen LogP contribution in [0.5, 0.6) is 23.0 Å². The maximum Gasteiger partial charge on any atom is 0.227 e. The third-order valence-electron chi connectivity index (χ3n) is 5.57. The lowest BCUT2D eigenvalue weighted by Gasteiger charge is -2.13. The van der Waals surface area contributed by atoms with Gasteiger partial charge in [-0.2, -0.15) is 0 Å². The molecule has 0 amide bonds. The zero-order valence-electron chi connectivity index (χ0n) is 19.7. The number of hydrogen-bond acceptors (Lipinski definition) is 7. The largest absolute Gasteiger partial charge is 0.493 e. The molecule has 8 heteroatoms. The van der Waals surface area contributed by atoms with E-state index in [1.807, 2.05) is 36.4 Å². The number of ether oxygens (including phenoxy) is 3. The quantitative estimate of drug-likeness (QED) is 0.278. The Hall–Kier alpha value is -4.72. The number of fused-ring (bicyclic) bond motifs is 1. The van der Waals surface area contributed by atoms with Crippen molar-refractivity contribution in [2.24, 2.45) is 0 Å². The second-order valence-corrected chi connectivity index (χ2v) is 7.98. The average Bonchev–Trinajstić information content (AvgIpc) is 2.91. The van der Waals surface area contributed by atoms with Gasteiger partial charge < -0.3 is 19.5 Å². The normalized spacial score (nSPS) is 10.8. The summed E-state index contributed by atoms with van der Waals surface area (Å²) in [4.78, 5) is 13.1. The Labute approximate surface area is 207 Å². The van der Waals surface area contributed by atoms with Crippen LogP contribution in [0.25, 0.3) is 10.9 Å². The van der Waals surface area contributed by atoms with E-state index in [-0.39, 0.29) is 5.75 Å². The van der Waals surface area contributed by atoms with Crippen molar-refractivity contribution < 1.29 is 18.6 Å². The predicted molar refractivity (Wildman–Crippen MR) is 136 cm³/mol. The average molecular weight is 483 g/mol. The van der Waals surface area contributed by atoms with E-state index in [0.717, 1.165) is 16.8 Å². The van der Waals surface area contributed by atoms with E-state index in [0.29, 0.717) is 40.5 Å². The molecule has 2 heterocycles. The van der Waals surface area contributed by atoms with Crippen LogP contribution in [-0.4, -0.2) is 29.2 Å². The number of benzene rings is 3. The third kappa shape index (κ3) is 5.02. The highest BCUT2D eigenvalue weighted by Crippen LogP contribution is 2.37. The number of hydrogen-bond donors (Lipinski definition) is 1. The van der Waals surface area contributed by atoms with Gasteiger partial charge in [0, 0.05) is 42.2 Å². The first-order chi connectivity index (χ1) is 17.6. The summed E-state index contributed by atoms with van der Waals surface area (Å²) in [5, 5.41) is 3.82. The van der Waals surface area contributed by atoms with Crippen LogP contribution in [0.3, 0.4) is 0 Å². The lowest BCUT2D eigenvalue weighted by molar-refractivity contribution is 0.355. The minimum absolute atomic E-state index is 0.111. The first-order valence-corrected chi connectivity index (χ1v) is 11.2. The third-order valence-corrected chi connectivity index (χ3v) is 5.57. The molecule has 3 aromatic carbocycles. The zero-order valence-corrected chi connectivity index (χ0v) is 19.7. The van der Waals surface area contributed by atoms with E-state index in [1.54, 1.807) is 57.1 Å². The van der Waals surface area contributed by atoms with Gasteiger partial charge in [-0.05, 0) is 47.5 Å². The van der Waals surface area contributed by atoms with Crippen LogP contribution in [0.15, 0.2) is 85.3 Å². The fourth-order valence-electron chi connectivity index (χ4n) is 3.79. The summed E-state index contributed by atoms with van der Waals surface area (Å²) in [6.45, 7) is 0. The standard InChI is InChI=1S/C28H23FN4O3/c1-34-26-14-21-23(15-27(26)35-2)30-11-10-24(21)36-25-9-8-18(13-22(25)29)12-19-16-31-28(32-17-19)33-20-6-4-3-5-7-20/h3-11,13-17H,12H2,1-2H3,(H,31,32,33). The molecule has 0 atom stereocenters. The van der Waals surface area contributed by atoms with Crippen molar-refractivity contribution in [2.45, 2.75) is 6.42 Å². The topological polar surface area (TPSA) is 78.4 Å². The first-order valence-electron chi connectivity index (χ1n) is 11.2. The molecule has 0 fully saturated rings. The van der Waals surface area contributed by atoms with E-state index in [9.17, 15) is 4.39 Å². The Morgan fingerprint density at radius 3 is 2.22 bits per heavy atom. The monoisotopic (exact) mass is 482 g/mol. The summed E-state index contributed by atoms with van der Waals surface area (Å²) in [7, 11) is 3.11. The maximum atomic E-state index is 15.0. The Morgan fingerprint density at radius 1 is 0.750 bits per heavy atom. The SMILES string of the molecule is COc1cc2nccc(Oc3ccc(Cc4cnc(Nc5ccccc5)nc4)cc3F)c2cc1OC. The van der Waals surface area contributed by atoms with Gasteiger partial charge in [0.25, 0.3) is 0 Å². The van der Waals surface area contributed by atoms with Crippen LogP contribution < -0.4 is 19.5 Å². The van der Waals surface area contributed by atoms with E-state index in [1.165, 1.54) is 6.07 Å². The fourth-order valence-corrected chi connectivity index (χ4v) is 3.79. The van der Waals surface area contributed by atoms with Gasteiger partial charge in [0.15, 0.2) is 23.1 Å².